The average molecular weight is 332 g/mol. The topological polar surface area (TPSA) is 46.1 Å². The van der Waals surface area contributed by atoms with Crippen molar-refractivity contribution < 1.29 is 4.79 Å². The molecule has 20 heavy (non-hydrogen) atoms. The Balaban J connectivity index is 1.80. The molecule has 2 heterocycles. The number of aromatic nitrogens is 2. The molecule has 5 heteroatoms. The van der Waals surface area contributed by atoms with Crippen LogP contribution in [0.25, 0.3) is 0 Å². The smallest absolute Gasteiger partial charge is 0.273 e. The van der Waals surface area contributed by atoms with Crippen LogP contribution in [0.4, 0.5) is 0 Å². The van der Waals surface area contributed by atoms with E-state index in [0.29, 0.717) is 18.3 Å². The number of hydrogen-bond acceptors (Lipinski definition) is 3. The van der Waals surface area contributed by atoms with Gasteiger partial charge in [0, 0.05) is 22.9 Å². The Kier molecular flexibility index (Phi) is 3.78. The second kappa shape index (κ2) is 5.71. The normalized spacial score (nSPS) is 14.1. The largest absolute Gasteiger partial charge is 0.328 e. The van der Waals surface area contributed by atoms with Gasteiger partial charge in [-0.05, 0) is 53.0 Å². The van der Waals surface area contributed by atoms with Crippen LogP contribution < -0.4 is 0 Å². The van der Waals surface area contributed by atoms with Crippen LogP contribution in [0.15, 0.2) is 47.2 Å². The van der Waals surface area contributed by atoms with E-state index >= 15 is 0 Å². The minimum absolute atomic E-state index is 0.0225. The molecule has 0 atom stereocenters. The van der Waals surface area contributed by atoms with Gasteiger partial charge in [-0.25, -0.2) is 4.98 Å². The van der Waals surface area contributed by atoms with Gasteiger partial charge < -0.3 is 4.90 Å². The summed E-state index contributed by atoms with van der Waals surface area (Å²) in [5.74, 6) is -0.0225. The van der Waals surface area contributed by atoms with E-state index in [2.05, 4.69) is 25.9 Å². The fourth-order valence-corrected chi connectivity index (χ4v) is 2.30. The van der Waals surface area contributed by atoms with Gasteiger partial charge >= 0.3 is 0 Å². The summed E-state index contributed by atoms with van der Waals surface area (Å²) in [6.07, 6.45) is 5.53. The van der Waals surface area contributed by atoms with Gasteiger partial charge in [-0.2, -0.15) is 0 Å². The molecule has 0 aliphatic heterocycles. The maximum absolute atomic E-state index is 12.6. The molecule has 1 aliphatic rings. The van der Waals surface area contributed by atoms with Gasteiger partial charge in [-0.1, -0.05) is 6.07 Å². The van der Waals surface area contributed by atoms with Crippen molar-refractivity contribution in [3.05, 3.63) is 58.6 Å². The Morgan fingerprint density at radius 2 is 2.10 bits per heavy atom. The second-order valence-corrected chi connectivity index (χ2v) is 5.76. The molecule has 2 aromatic heterocycles. The van der Waals surface area contributed by atoms with Crippen molar-refractivity contribution in [2.24, 2.45) is 0 Å². The van der Waals surface area contributed by atoms with Gasteiger partial charge in [0.2, 0.25) is 0 Å². The van der Waals surface area contributed by atoms with Crippen molar-refractivity contribution in [2.45, 2.75) is 25.4 Å². The lowest BCUT2D eigenvalue weighted by atomic mass is 10.2. The monoisotopic (exact) mass is 331 g/mol. The van der Waals surface area contributed by atoms with Crippen molar-refractivity contribution >= 4 is 21.8 Å². The fraction of sp³-hybridized carbons (Fsp3) is 0.267. The minimum Gasteiger partial charge on any atom is -0.328 e. The SMILES string of the molecule is O=C(c1ccc(Br)cn1)N(Cc1ccccn1)C1CC1. The first-order chi connectivity index (χ1) is 9.74. The van der Waals surface area contributed by atoms with Crippen LogP contribution in [0.5, 0.6) is 0 Å². The summed E-state index contributed by atoms with van der Waals surface area (Å²) in [4.78, 5) is 22.9. The zero-order valence-corrected chi connectivity index (χ0v) is 12.5. The standard InChI is InChI=1S/C15H14BrN3O/c16-11-4-7-14(18-9-11)15(20)19(13-5-6-13)10-12-3-1-2-8-17-12/h1-4,7-9,13H,5-6,10H2. The molecule has 1 fully saturated rings. The lowest BCUT2D eigenvalue weighted by molar-refractivity contribution is 0.0721. The third kappa shape index (κ3) is 3.04. The molecule has 1 aliphatic carbocycles. The molecule has 0 bridgehead atoms. The second-order valence-electron chi connectivity index (χ2n) is 4.85. The predicted molar refractivity (Wildman–Crippen MR) is 79.1 cm³/mol. The molecule has 0 saturated heterocycles. The summed E-state index contributed by atoms with van der Waals surface area (Å²) in [5, 5.41) is 0. The summed E-state index contributed by atoms with van der Waals surface area (Å²) in [7, 11) is 0. The molecule has 0 radical (unpaired) electrons. The molecule has 0 aromatic carbocycles. The number of halogens is 1. The number of carbonyl (C=O) groups excluding carboxylic acids is 1. The van der Waals surface area contributed by atoms with Crippen LogP contribution >= 0.6 is 15.9 Å². The maximum atomic E-state index is 12.6. The third-order valence-electron chi connectivity index (χ3n) is 3.25. The fourth-order valence-electron chi connectivity index (χ4n) is 2.07. The van der Waals surface area contributed by atoms with Crippen LogP contribution in [0, 0.1) is 0 Å². The molecule has 0 unspecified atom stereocenters. The van der Waals surface area contributed by atoms with E-state index in [-0.39, 0.29) is 5.91 Å². The van der Waals surface area contributed by atoms with Gasteiger partial charge in [-0.3, -0.25) is 9.78 Å². The summed E-state index contributed by atoms with van der Waals surface area (Å²) in [5.41, 5.74) is 1.39. The van der Waals surface area contributed by atoms with E-state index in [9.17, 15) is 4.79 Å². The number of amides is 1. The van der Waals surface area contributed by atoms with E-state index in [1.807, 2.05) is 29.2 Å². The van der Waals surface area contributed by atoms with Crippen molar-refractivity contribution in [1.82, 2.24) is 14.9 Å². The summed E-state index contributed by atoms with van der Waals surface area (Å²) in [6, 6.07) is 9.68. The molecule has 2 aromatic rings. The molecule has 1 amide bonds. The Bertz CT molecular complexity index is 596. The zero-order chi connectivity index (χ0) is 13.9. The van der Waals surface area contributed by atoms with Crippen LogP contribution in [-0.4, -0.2) is 26.8 Å². The lowest BCUT2D eigenvalue weighted by Gasteiger charge is -2.21. The number of rotatable bonds is 4. The highest BCUT2D eigenvalue weighted by molar-refractivity contribution is 9.10. The van der Waals surface area contributed by atoms with E-state index < -0.39 is 0 Å². The van der Waals surface area contributed by atoms with E-state index in [1.165, 1.54) is 0 Å². The van der Waals surface area contributed by atoms with Gasteiger partial charge in [0.05, 0.1) is 12.2 Å². The van der Waals surface area contributed by atoms with Crippen LogP contribution in [0.3, 0.4) is 0 Å². The molecule has 0 spiro atoms. The van der Waals surface area contributed by atoms with Gasteiger partial charge in [0.15, 0.2) is 0 Å². The lowest BCUT2D eigenvalue weighted by Crippen LogP contribution is -2.33. The first-order valence-electron chi connectivity index (χ1n) is 6.56. The van der Waals surface area contributed by atoms with Crippen molar-refractivity contribution in [3.8, 4) is 0 Å². The molecule has 102 valence electrons. The third-order valence-corrected chi connectivity index (χ3v) is 3.72. The van der Waals surface area contributed by atoms with E-state index in [0.717, 1.165) is 23.0 Å². The van der Waals surface area contributed by atoms with E-state index in [1.54, 1.807) is 18.5 Å². The molecule has 1 saturated carbocycles. The van der Waals surface area contributed by atoms with Gasteiger partial charge in [0.25, 0.3) is 5.91 Å². The quantitative estimate of drug-likeness (QED) is 0.865. The Hall–Kier alpha value is -1.75. The predicted octanol–water partition coefficient (Wildman–Crippen LogP) is 3.04. The summed E-state index contributed by atoms with van der Waals surface area (Å²) in [6.45, 7) is 0.544. The number of nitrogens with zero attached hydrogens (tertiary/aromatic N) is 3. The Morgan fingerprint density at radius 3 is 2.70 bits per heavy atom. The first-order valence-corrected chi connectivity index (χ1v) is 7.36. The van der Waals surface area contributed by atoms with Crippen molar-refractivity contribution in [2.75, 3.05) is 0 Å². The number of hydrogen-bond donors (Lipinski definition) is 0. The minimum atomic E-state index is -0.0225. The highest BCUT2D eigenvalue weighted by Crippen LogP contribution is 2.29. The molecule has 3 rings (SSSR count). The van der Waals surface area contributed by atoms with E-state index in [4.69, 9.17) is 0 Å². The number of pyridine rings is 2. The summed E-state index contributed by atoms with van der Waals surface area (Å²) < 4.78 is 0.872. The van der Waals surface area contributed by atoms with Crippen molar-refractivity contribution in [3.63, 3.8) is 0 Å². The first kappa shape index (κ1) is 13.2. The molecule has 0 N–H and O–H groups in total. The van der Waals surface area contributed by atoms with Crippen LogP contribution in [-0.2, 0) is 6.54 Å². The Morgan fingerprint density at radius 1 is 1.25 bits per heavy atom. The van der Waals surface area contributed by atoms with Crippen LogP contribution in [0.1, 0.15) is 29.0 Å². The van der Waals surface area contributed by atoms with Crippen molar-refractivity contribution in [1.29, 1.82) is 0 Å². The van der Waals surface area contributed by atoms with Gasteiger partial charge in [-0.15, -0.1) is 0 Å². The molecule has 4 nitrogen and oxygen atoms in total. The highest BCUT2D eigenvalue weighted by atomic mass is 79.9. The van der Waals surface area contributed by atoms with Crippen LogP contribution in [0.2, 0.25) is 0 Å². The summed E-state index contributed by atoms with van der Waals surface area (Å²) >= 11 is 3.33. The average Bonchev–Trinajstić information content (AvgIpc) is 3.30. The number of carbonyl (C=O) groups is 1. The highest BCUT2D eigenvalue weighted by Gasteiger charge is 2.33. The van der Waals surface area contributed by atoms with Gasteiger partial charge in [0.1, 0.15) is 5.69 Å². The zero-order valence-electron chi connectivity index (χ0n) is 10.9. The molecular formula is C15H14BrN3O. The molecular weight excluding hydrogens is 318 g/mol. The maximum Gasteiger partial charge on any atom is 0.273 e. The Labute approximate surface area is 126 Å².